The normalized spacial score (nSPS) is 19.0. The molecule has 21 heavy (non-hydrogen) atoms. The first-order chi connectivity index (χ1) is 10.3. The van der Waals surface area contributed by atoms with Crippen molar-refractivity contribution < 1.29 is 14.4 Å². The van der Waals surface area contributed by atoms with Crippen LogP contribution in [-0.2, 0) is 11.3 Å². The highest BCUT2D eigenvalue weighted by atomic mass is 16.5. The average Bonchev–Trinajstić information content (AvgIpc) is 2.97. The largest absolute Gasteiger partial charge is 0.391 e. The fourth-order valence-electron chi connectivity index (χ4n) is 2.42. The van der Waals surface area contributed by atoms with Crippen LogP contribution in [0.5, 0.6) is 0 Å². The van der Waals surface area contributed by atoms with Gasteiger partial charge in [0.2, 0.25) is 0 Å². The van der Waals surface area contributed by atoms with E-state index in [0.717, 1.165) is 30.8 Å². The molecule has 1 saturated heterocycles. The van der Waals surface area contributed by atoms with Crippen LogP contribution in [0.15, 0.2) is 22.9 Å². The lowest BCUT2D eigenvalue weighted by atomic mass is 10.1. The Labute approximate surface area is 122 Å². The number of piperidine rings is 1. The third-order valence-corrected chi connectivity index (χ3v) is 3.46. The number of aliphatic hydroxyl groups excluding tert-OH is 1. The number of β-amino-alcohol motifs (C(OH)–C–C–N with tert-alkyl or cyclic N) is 1. The number of aromatic nitrogens is 3. The summed E-state index contributed by atoms with van der Waals surface area (Å²) >= 11 is 0. The van der Waals surface area contributed by atoms with E-state index < -0.39 is 0 Å². The molecule has 0 bridgehead atoms. The topological polar surface area (TPSA) is 84.5 Å². The molecule has 1 fully saturated rings. The highest BCUT2D eigenvalue weighted by molar-refractivity contribution is 5.54. The highest BCUT2D eigenvalue weighted by Gasteiger charge is 2.19. The molecule has 0 aliphatic carbocycles. The van der Waals surface area contributed by atoms with Crippen LogP contribution < -0.4 is 4.90 Å². The van der Waals surface area contributed by atoms with E-state index in [1.165, 1.54) is 0 Å². The van der Waals surface area contributed by atoms with Gasteiger partial charge in [0.05, 0.1) is 11.7 Å². The Bertz CT molecular complexity index is 584. The average molecular weight is 290 g/mol. The van der Waals surface area contributed by atoms with Gasteiger partial charge in [-0.15, -0.1) is 0 Å². The lowest BCUT2D eigenvalue weighted by Gasteiger charge is -2.30. The van der Waals surface area contributed by atoms with E-state index in [0.29, 0.717) is 24.9 Å². The van der Waals surface area contributed by atoms with Crippen LogP contribution in [0.2, 0.25) is 0 Å². The standard InChI is InChI=1S/C14H18N4O3/c1-20-9-12-16-14(21-17-12)10-4-5-13(15-7-10)18-6-2-3-11(19)8-18/h4-5,7,11,19H,2-3,6,8-9H2,1H3. The van der Waals surface area contributed by atoms with E-state index >= 15 is 0 Å². The van der Waals surface area contributed by atoms with Gasteiger partial charge < -0.3 is 19.3 Å². The predicted octanol–water partition coefficient (Wildman–Crippen LogP) is 1.24. The summed E-state index contributed by atoms with van der Waals surface area (Å²) < 4.78 is 10.1. The smallest absolute Gasteiger partial charge is 0.259 e. The molecule has 0 spiro atoms. The zero-order valence-corrected chi connectivity index (χ0v) is 11.9. The second kappa shape index (κ2) is 6.19. The Morgan fingerprint density at radius 1 is 1.48 bits per heavy atom. The molecule has 0 saturated carbocycles. The maximum Gasteiger partial charge on any atom is 0.259 e. The lowest BCUT2D eigenvalue weighted by molar-refractivity contribution is 0.154. The Hall–Kier alpha value is -1.99. The molecule has 1 aliphatic heterocycles. The minimum Gasteiger partial charge on any atom is -0.391 e. The number of pyridine rings is 1. The first-order valence-corrected chi connectivity index (χ1v) is 6.97. The van der Waals surface area contributed by atoms with E-state index in [-0.39, 0.29) is 6.10 Å². The van der Waals surface area contributed by atoms with Crippen molar-refractivity contribution >= 4 is 5.82 Å². The summed E-state index contributed by atoms with van der Waals surface area (Å²) in [4.78, 5) is 10.7. The number of anilines is 1. The van der Waals surface area contributed by atoms with Crippen LogP contribution >= 0.6 is 0 Å². The second-order valence-corrected chi connectivity index (χ2v) is 5.10. The molecule has 7 nitrogen and oxygen atoms in total. The molecule has 0 radical (unpaired) electrons. The first kappa shape index (κ1) is 14.0. The van der Waals surface area contributed by atoms with Crippen LogP contribution in [0.4, 0.5) is 5.82 Å². The first-order valence-electron chi connectivity index (χ1n) is 6.97. The van der Waals surface area contributed by atoms with Crippen LogP contribution in [0, 0.1) is 0 Å². The zero-order chi connectivity index (χ0) is 14.7. The monoisotopic (exact) mass is 290 g/mol. The van der Waals surface area contributed by atoms with E-state index in [9.17, 15) is 5.11 Å². The van der Waals surface area contributed by atoms with Crippen LogP contribution in [-0.4, -0.2) is 46.5 Å². The number of rotatable bonds is 4. The van der Waals surface area contributed by atoms with E-state index in [4.69, 9.17) is 9.26 Å². The molecule has 1 N–H and O–H groups in total. The molecule has 0 aromatic carbocycles. The van der Waals surface area contributed by atoms with Crippen molar-refractivity contribution in [2.24, 2.45) is 0 Å². The molecule has 2 aromatic rings. The molecule has 2 aromatic heterocycles. The quantitative estimate of drug-likeness (QED) is 0.906. The van der Waals surface area contributed by atoms with Gasteiger partial charge in [-0.25, -0.2) is 4.98 Å². The molecule has 1 atom stereocenters. The van der Waals surface area contributed by atoms with Gasteiger partial charge in [0.15, 0.2) is 5.82 Å². The number of hydrogen-bond donors (Lipinski definition) is 1. The Balaban J connectivity index is 1.73. The molecular formula is C14H18N4O3. The van der Waals surface area contributed by atoms with Crippen molar-refractivity contribution in [3.8, 4) is 11.5 Å². The number of hydrogen-bond acceptors (Lipinski definition) is 7. The number of aliphatic hydroxyl groups is 1. The van der Waals surface area contributed by atoms with Crippen LogP contribution in [0.3, 0.4) is 0 Å². The SMILES string of the molecule is COCc1noc(-c2ccc(N3CCCC(O)C3)nc2)n1. The molecular weight excluding hydrogens is 272 g/mol. The molecule has 7 heteroatoms. The second-order valence-electron chi connectivity index (χ2n) is 5.10. The van der Waals surface area contributed by atoms with Gasteiger partial charge in [-0.1, -0.05) is 5.16 Å². The minimum absolute atomic E-state index is 0.271. The molecule has 0 amide bonds. The molecule has 1 aliphatic rings. The molecule has 112 valence electrons. The van der Waals surface area contributed by atoms with Gasteiger partial charge in [0, 0.05) is 26.4 Å². The van der Waals surface area contributed by atoms with Gasteiger partial charge >= 0.3 is 0 Å². The fourth-order valence-corrected chi connectivity index (χ4v) is 2.42. The fraction of sp³-hybridized carbons (Fsp3) is 0.500. The minimum atomic E-state index is -0.271. The summed E-state index contributed by atoms with van der Waals surface area (Å²) in [7, 11) is 1.58. The number of methoxy groups -OCH3 is 1. The summed E-state index contributed by atoms with van der Waals surface area (Å²) in [6, 6.07) is 3.81. The molecule has 3 heterocycles. The zero-order valence-electron chi connectivity index (χ0n) is 11.9. The molecule has 1 unspecified atom stereocenters. The number of ether oxygens (including phenoxy) is 1. The van der Waals surface area contributed by atoms with Crippen molar-refractivity contribution in [1.29, 1.82) is 0 Å². The van der Waals surface area contributed by atoms with Gasteiger partial charge in [-0.3, -0.25) is 0 Å². The Morgan fingerprint density at radius 2 is 2.38 bits per heavy atom. The lowest BCUT2D eigenvalue weighted by Crippen LogP contribution is -2.38. The third kappa shape index (κ3) is 3.20. The maximum atomic E-state index is 9.71. The van der Waals surface area contributed by atoms with Gasteiger partial charge in [0.25, 0.3) is 5.89 Å². The van der Waals surface area contributed by atoms with Gasteiger partial charge in [-0.05, 0) is 25.0 Å². The molecule has 3 rings (SSSR count). The van der Waals surface area contributed by atoms with Crippen LogP contribution in [0.1, 0.15) is 18.7 Å². The van der Waals surface area contributed by atoms with Crippen molar-refractivity contribution in [2.45, 2.75) is 25.6 Å². The van der Waals surface area contributed by atoms with Gasteiger partial charge in [-0.2, -0.15) is 4.98 Å². The summed E-state index contributed by atoms with van der Waals surface area (Å²) in [5.74, 6) is 1.80. The number of nitrogens with zero attached hydrogens (tertiary/aromatic N) is 4. The van der Waals surface area contributed by atoms with Crippen molar-refractivity contribution in [3.63, 3.8) is 0 Å². The predicted molar refractivity (Wildman–Crippen MR) is 75.7 cm³/mol. The highest BCUT2D eigenvalue weighted by Crippen LogP contribution is 2.22. The summed E-state index contributed by atoms with van der Waals surface area (Å²) in [6.07, 6.45) is 3.28. The summed E-state index contributed by atoms with van der Waals surface area (Å²) in [5, 5.41) is 13.5. The van der Waals surface area contributed by atoms with E-state index in [1.807, 2.05) is 12.1 Å². The van der Waals surface area contributed by atoms with Crippen molar-refractivity contribution in [1.82, 2.24) is 15.1 Å². The van der Waals surface area contributed by atoms with Crippen molar-refractivity contribution in [3.05, 3.63) is 24.2 Å². The van der Waals surface area contributed by atoms with Gasteiger partial charge in [0.1, 0.15) is 12.4 Å². The Morgan fingerprint density at radius 3 is 3.10 bits per heavy atom. The van der Waals surface area contributed by atoms with E-state index in [1.54, 1.807) is 13.3 Å². The van der Waals surface area contributed by atoms with E-state index in [2.05, 4.69) is 20.0 Å². The van der Waals surface area contributed by atoms with Crippen LogP contribution in [0.25, 0.3) is 11.5 Å². The summed E-state index contributed by atoms with van der Waals surface area (Å²) in [5.41, 5.74) is 0.770. The third-order valence-electron chi connectivity index (χ3n) is 3.46. The van der Waals surface area contributed by atoms with Crippen molar-refractivity contribution in [2.75, 3.05) is 25.1 Å². The Kier molecular flexibility index (Phi) is 4.12. The maximum absolute atomic E-state index is 9.71. The summed E-state index contributed by atoms with van der Waals surface area (Å²) in [6.45, 7) is 1.87.